The number of hydrogen-bond donors (Lipinski definition) is 3. The minimum absolute atomic E-state index is 0.00804. The molecule has 9 heteroatoms. The van der Waals surface area contributed by atoms with Crippen LogP contribution in [0, 0.1) is 0 Å². The van der Waals surface area contributed by atoms with Gasteiger partial charge in [0.2, 0.25) is 9.84 Å². The molecule has 1 aromatic carbocycles. The van der Waals surface area contributed by atoms with Gasteiger partial charge in [0, 0.05) is 18.8 Å². The van der Waals surface area contributed by atoms with Crippen LogP contribution in [0.4, 0.5) is 5.82 Å². The smallest absolute Gasteiger partial charge is 0.322 e. The lowest BCUT2D eigenvalue weighted by atomic mass is 9.89. The molecule has 0 saturated heterocycles. The summed E-state index contributed by atoms with van der Waals surface area (Å²) in [5.74, 6) is -0.829. The van der Waals surface area contributed by atoms with Crippen molar-refractivity contribution in [2.24, 2.45) is 5.73 Å². The number of benzene rings is 1. The first kappa shape index (κ1) is 25.8. The number of pyridine rings is 2. The molecule has 1 unspecified atom stereocenters. The molecule has 0 radical (unpaired) electrons. The number of aromatic nitrogens is 2. The SMILES string of the molecule is CCCCC1(c2ccc(CC(N)(c3cccc(NCC(=O)O)n3)S(=O)(=O)c3cccnc3)cc2)CC1. The largest absolute Gasteiger partial charge is 0.480 e. The Morgan fingerprint density at radius 3 is 2.50 bits per heavy atom. The zero-order chi connectivity index (χ0) is 25.8. The predicted molar refractivity (Wildman–Crippen MR) is 138 cm³/mol. The molecule has 8 nitrogen and oxygen atoms in total. The van der Waals surface area contributed by atoms with Gasteiger partial charge in [-0.3, -0.25) is 9.78 Å². The summed E-state index contributed by atoms with van der Waals surface area (Å²) in [5.41, 5.74) is 9.19. The van der Waals surface area contributed by atoms with E-state index in [1.165, 1.54) is 49.7 Å². The van der Waals surface area contributed by atoms with Gasteiger partial charge in [0.25, 0.3) is 0 Å². The standard InChI is InChI=1S/C27H32N4O4S/c1-2-3-13-26(14-15-26)21-11-9-20(10-12-21)17-27(28,36(34,35)22-6-5-16-29-18-22)23-7-4-8-24(31-23)30-19-25(32)33/h4-12,16,18H,2-3,13-15,17,19,28H2,1H3,(H,30,31)(H,32,33). The van der Waals surface area contributed by atoms with Gasteiger partial charge in [-0.15, -0.1) is 0 Å². The second kappa shape index (κ2) is 10.4. The Kier molecular flexibility index (Phi) is 7.42. The van der Waals surface area contributed by atoms with Gasteiger partial charge in [0.05, 0.1) is 10.6 Å². The Labute approximate surface area is 211 Å². The summed E-state index contributed by atoms with van der Waals surface area (Å²) >= 11 is 0. The summed E-state index contributed by atoms with van der Waals surface area (Å²) in [4.78, 5) is 17.4. The van der Waals surface area contributed by atoms with Gasteiger partial charge in [-0.1, -0.05) is 50.1 Å². The van der Waals surface area contributed by atoms with E-state index in [9.17, 15) is 13.2 Å². The van der Waals surface area contributed by atoms with Crippen LogP contribution in [0.3, 0.4) is 0 Å². The maximum atomic E-state index is 13.9. The van der Waals surface area contributed by atoms with Crippen LogP contribution in [-0.2, 0) is 31.3 Å². The molecule has 4 N–H and O–H groups in total. The summed E-state index contributed by atoms with van der Waals surface area (Å²) < 4.78 is 27.7. The monoisotopic (exact) mass is 508 g/mol. The Bertz CT molecular complexity index is 1310. The highest BCUT2D eigenvalue weighted by Gasteiger charge is 2.45. The summed E-state index contributed by atoms with van der Waals surface area (Å²) in [5, 5.41) is 11.7. The normalized spacial score (nSPS) is 16.2. The fourth-order valence-electron chi connectivity index (χ4n) is 4.60. The van der Waals surface area contributed by atoms with Crippen molar-refractivity contribution in [3.05, 3.63) is 83.8 Å². The summed E-state index contributed by atoms with van der Waals surface area (Å²) in [7, 11) is -4.13. The molecule has 3 aromatic rings. The minimum Gasteiger partial charge on any atom is -0.480 e. The van der Waals surface area contributed by atoms with Gasteiger partial charge in [0.15, 0.2) is 4.87 Å². The van der Waals surface area contributed by atoms with E-state index in [2.05, 4.69) is 34.3 Å². The predicted octanol–water partition coefficient (Wildman–Crippen LogP) is 4.02. The minimum atomic E-state index is -4.13. The highest BCUT2D eigenvalue weighted by atomic mass is 32.2. The maximum Gasteiger partial charge on any atom is 0.322 e. The second-order valence-corrected chi connectivity index (χ2v) is 11.7. The van der Waals surface area contributed by atoms with E-state index in [0.29, 0.717) is 0 Å². The Morgan fingerprint density at radius 2 is 1.89 bits per heavy atom. The average Bonchev–Trinajstić information content (AvgIpc) is 3.68. The molecule has 1 fully saturated rings. The van der Waals surface area contributed by atoms with Crippen LogP contribution in [0.15, 0.2) is 71.9 Å². The number of sulfone groups is 1. The van der Waals surface area contributed by atoms with E-state index >= 15 is 0 Å². The average molecular weight is 509 g/mol. The van der Waals surface area contributed by atoms with E-state index in [1.807, 2.05) is 12.1 Å². The van der Waals surface area contributed by atoms with Crippen molar-refractivity contribution in [2.75, 3.05) is 11.9 Å². The van der Waals surface area contributed by atoms with E-state index in [4.69, 9.17) is 10.8 Å². The van der Waals surface area contributed by atoms with Crippen molar-refractivity contribution in [1.82, 2.24) is 9.97 Å². The molecule has 0 bridgehead atoms. The molecule has 2 heterocycles. The van der Waals surface area contributed by atoms with Gasteiger partial charge < -0.3 is 16.2 Å². The fraction of sp³-hybridized carbons (Fsp3) is 0.370. The molecule has 2 aromatic heterocycles. The molecule has 190 valence electrons. The second-order valence-electron chi connectivity index (χ2n) is 9.49. The van der Waals surface area contributed by atoms with Gasteiger partial charge >= 0.3 is 5.97 Å². The number of aliphatic carboxylic acids is 1. The third-order valence-electron chi connectivity index (χ3n) is 6.92. The van der Waals surface area contributed by atoms with E-state index in [-0.39, 0.29) is 34.8 Å². The van der Waals surface area contributed by atoms with Crippen molar-refractivity contribution in [3.8, 4) is 0 Å². The molecule has 36 heavy (non-hydrogen) atoms. The number of nitrogens with two attached hydrogens (primary N) is 1. The first-order valence-corrected chi connectivity index (χ1v) is 13.6. The number of anilines is 1. The van der Waals surface area contributed by atoms with Crippen molar-refractivity contribution in [1.29, 1.82) is 0 Å². The van der Waals surface area contributed by atoms with Crippen molar-refractivity contribution >= 4 is 21.6 Å². The lowest BCUT2D eigenvalue weighted by molar-refractivity contribution is -0.134. The summed E-state index contributed by atoms with van der Waals surface area (Å²) in [6, 6.07) is 15.8. The van der Waals surface area contributed by atoms with E-state index in [1.54, 1.807) is 24.3 Å². The van der Waals surface area contributed by atoms with Crippen LogP contribution in [-0.4, -0.2) is 36.0 Å². The molecular formula is C27H32N4O4S. The number of nitrogens with zero attached hydrogens (tertiary/aromatic N) is 2. The molecule has 1 aliphatic carbocycles. The molecule has 4 rings (SSSR count). The summed E-state index contributed by atoms with van der Waals surface area (Å²) in [6.07, 6.45) is 8.64. The van der Waals surface area contributed by atoms with Crippen LogP contribution < -0.4 is 11.1 Å². The molecule has 0 aliphatic heterocycles. The number of nitrogens with one attached hydrogen (secondary N) is 1. The molecule has 1 atom stereocenters. The number of hydrogen-bond acceptors (Lipinski definition) is 7. The van der Waals surface area contributed by atoms with Crippen LogP contribution >= 0.6 is 0 Å². The molecule has 0 amide bonds. The lowest BCUT2D eigenvalue weighted by Gasteiger charge is -2.29. The number of unbranched alkanes of at least 4 members (excludes halogenated alkanes) is 1. The first-order chi connectivity index (χ1) is 17.2. The third kappa shape index (κ3) is 5.27. The summed E-state index contributed by atoms with van der Waals surface area (Å²) in [6.45, 7) is 1.84. The number of rotatable bonds is 12. The van der Waals surface area contributed by atoms with Crippen molar-refractivity contribution in [3.63, 3.8) is 0 Å². The van der Waals surface area contributed by atoms with Gasteiger partial charge in [-0.05, 0) is 60.1 Å². The van der Waals surface area contributed by atoms with Gasteiger partial charge in [-0.25, -0.2) is 13.4 Å². The van der Waals surface area contributed by atoms with Gasteiger partial charge in [-0.2, -0.15) is 0 Å². The Morgan fingerprint density at radius 1 is 1.14 bits per heavy atom. The van der Waals surface area contributed by atoms with Crippen LogP contribution in [0.5, 0.6) is 0 Å². The van der Waals surface area contributed by atoms with E-state index < -0.39 is 20.7 Å². The Hall–Kier alpha value is -3.30. The maximum absolute atomic E-state index is 13.9. The lowest BCUT2D eigenvalue weighted by Crippen LogP contribution is -2.47. The Balaban J connectivity index is 1.71. The topological polar surface area (TPSA) is 135 Å². The van der Waals surface area contributed by atoms with E-state index in [0.717, 1.165) is 12.0 Å². The first-order valence-electron chi connectivity index (χ1n) is 12.2. The zero-order valence-electron chi connectivity index (χ0n) is 20.4. The van der Waals surface area contributed by atoms with Gasteiger partial charge in [0.1, 0.15) is 12.4 Å². The molecule has 1 saturated carbocycles. The fourth-order valence-corrected chi connectivity index (χ4v) is 6.23. The third-order valence-corrected chi connectivity index (χ3v) is 9.10. The molecule has 0 spiro atoms. The quantitative estimate of drug-likeness (QED) is 0.334. The van der Waals surface area contributed by atoms with Crippen LogP contribution in [0.1, 0.15) is 55.8 Å². The molecule has 1 aliphatic rings. The van der Waals surface area contributed by atoms with Crippen molar-refractivity contribution < 1.29 is 18.3 Å². The zero-order valence-corrected chi connectivity index (χ0v) is 21.2. The number of carbonyl (C=O) groups is 1. The van der Waals surface area contributed by atoms with Crippen molar-refractivity contribution in [2.45, 2.75) is 60.6 Å². The highest BCUT2D eigenvalue weighted by molar-refractivity contribution is 7.92. The van der Waals surface area contributed by atoms with Crippen LogP contribution in [0.25, 0.3) is 0 Å². The highest BCUT2D eigenvalue weighted by Crippen LogP contribution is 2.52. The number of carboxylic acids is 1. The number of carboxylic acid groups (broad SMARTS) is 1. The molecular weight excluding hydrogens is 476 g/mol. The van der Waals surface area contributed by atoms with Crippen LogP contribution in [0.2, 0.25) is 0 Å².